The van der Waals surface area contributed by atoms with Gasteiger partial charge in [0.15, 0.2) is 6.29 Å². The van der Waals surface area contributed by atoms with E-state index in [1.54, 1.807) is 6.07 Å². The Hall–Kier alpha value is -1.47. The standard InChI is InChI=1S/C12H16N2O4/c13-18-8-11(15)14-10-5-2-1-4-9(10)12-16-6-3-7-17-12/h1-2,4-5,12H,3,6-8,13H2,(H,14,15). The Kier molecular flexibility index (Phi) is 4.66. The summed E-state index contributed by atoms with van der Waals surface area (Å²) in [6.45, 7) is 1.11. The summed E-state index contributed by atoms with van der Waals surface area (Å²) in [5.41, 5.74) is 1.44. The van der Waals surface area contributed by atoms with Gasteiger partial charge in [-0.2, -0.15) is 0 Å². The molecule has 1 aromatic carbocycles. The van der Waals surface area contributed by atoms with Gasteiger partial charge in [-0.1, -0.05) is 18.2 Å². The van der Waals surface area contributed by atoms with Crippen LogP contribution in [0.5, 0.6) is 0 Å². The maximum atomic E-state index is 11.4. The van der Waals surface area contributed by atoms with Crippen molar-refractivity contribution >= 4 is 11.6 Å². The molecule has 6 nitrogen and oxygen atoms in total. The second kappa shape index (κ2) is 6.46. The molecule has 0 unspecified atom stereocenters. The van der Waals surface area contributed by atoms with Crippen molar-refractivity contribution in [1.29, 1.82) is 0 Å². The molecular weight excluding hydrogens is 236 g/mol. The summed E-state index contributed by atoms with van der Waals surface area (Å²) in [5.74, 6) is 4.53. The van der Waals surface area contributed by atoms with E-state index in [0.29, 0.717) is 18.9 Å². The Labute approximate surface area is 105 Å². The first-order chi connectivity index (χ1) is 8.81. The minimum atomic E-state index is -0.436. The fourth-order valence-corrected chi connectivity index (χ4v) is 1.75. The molecule has 1 aliphatic rings. The summed E-state index contributed by atoms with van der Waals surface area (Å²) in [6.07, 6.45) is 0.445. The molecule has 0 atom stereocenters. The van der Waals surface area contributed by atoms with Crippen LogP contribution in [0.15, 0.2) is 24.3 Å². The fraction of sp³-hybridized carbons (Fsp3) is 0.417. The lowest BCUT2D eigenvalue weighted by Gasteiger charge is -2.25. The second-order valence-electron chi connectivity index (χ2n) is 3.87. The van der Waals surface area contributed by atoms with E-state index in [9.17, 15) is 4.79 Å². The van der Waals surface area contributed by atoms with Crippen LogP contribution in [-0.4, -0.2) is 25.7 Å². The minimum absolute atomic E-state index is 0.194. The molecule has 3 N–H and O–H groups in total. The lowest BCUT2D eigenvalue weighted by atomic mass is 10.1. The van der Waals surface area contributed by atoms with E-state index in [1.807, 2.05) is 18.2 Å². The number of benzene rings is 1. The van der Waals surface area contributed by atoms with Crippen molar-refractivity contribution in [3.63, 3.8) is 0 Å². The highest BCUT2D eigenvalue weighted by Crippen LogP contribution is 2.28. The van der Waals surface area contributed by atoms with Crippen molar-refractivity contribution in [2.75, 3.05) is 25.1 Å². The number of carbonyl (C=O) groups is 1. The number of nitrogens with two attached hydrogens (primary N) is 1. The van der Waals surface area contributed by atoms with Crippen LogP contribution in [-0.2, 0) is 19.1 Å². The number of hydrogen-bond acceptors (Lipinski definition) is 5. The molecule has 98 valence electrons. The van der Waals surface area contributed by atoms with Crippen molar-refractivity contribution in [2.45, 2.75) is 12.7 Å². The van der Waals surface area contributed by atoms with E-state index in [0.717, 1.165) is 12.0 Å². The maximum Gasteiger partial charge on any atom is 0.252 e. The van der Waals surface area contributed by atoms with Gasteiger partial charge in [-0.25, -0.2) is 5.90 Å². The van der Waals surface area contributed by atoms with Crippen LogP contribution in [0.1, 0.15) is 18.3 Å². The number of para-hydroxylation sites is 1. The fourth-order valence-electron chi connectivity index (χ4n) is 1.75. The predicted molar refractivity (Wildman–Crippen MR) is 64.5 cm³/mol. The number of nitrogens with one attached hydrogen (secondary N) is 1. The molecule has 0 aromatic heterocycles. The van der Waals surface area contributed by atoms with Crippen LogP contribution < -0.4 is 11.2 Å². The molecule has 0 bridgehead atoms. The summed E-state index contributed by atoms with van der Waals surface area (Å²) in [4.78, 5) is 15.7. The number of hydrogen-bond donors (Lipinski definition) is 2. The molecule has 0 saturated carbocycles. The van der Waals surface area contributed by atoms with Gasteiger partial charge in [0, 0.05) is 11.3 Å². The van der Waals surface area contributed by atoms with Crippen LogP contribution in [0, 0.1) is 0 Å². The van der Waals surface area contributed by atoms with Crippen molar-refractivity contribution < 1.29 is 19.1 Å². The predicted octanol–water partition coefficient (Wildman–Crippen LogP) is 0.951. The van der Waals surface area contributed by atoms with Crippen LogP contribution >= 0.6 is 0 Å². The summed E-state index contributed by atoms with van der Waals surface area (Å²) >= 11 is 0. The van der Waals surface area contributed by atoms with E-state index in [1.165, 1.54) is 0 Å². The van der Waals surface area contributed by atoms with E-state index in [2.05, 4.69) is 10.2 Å². The van der Waals surface area contributed by atoms with Gasteiger partial charge >= 0.3 is 0 Å². The molecule has 1 aromatic rings. The van der Waals surface area contributed by atoms with Gasteiger partial charge in [-0.3, -0.25) is 9.63 Å². The van der Waals surface area contributed by atoms with Crippen LogP contribution in [0.3, 0.4) is 0 Å². The van der Waals surface area contributed by atoms with Crippen LogP contribution in [0.25, 0.3) is 0 Å². The van der Waals surface area contributed by atoms with Crippen molar-refractivity contribution in [1.82, 2.24) is 0 Å². The third-order valence-electron chi connectivity index (χ3n) is 2.53. The maximum absolute atomic E-state index is 11.4. The number of ether oxygens (including phenoxy) is 2. The Balaban J connectivity index is 2.11. The average molecular weight is 252 g/mol. The summed E-state index contributed by atoms with van der Waals surface area (Å²) in [5, 5.41) is 2.70. The van der Waals surface area contributed by atoms with Gasteiger partial charge in [0.05, 0.1) is 13.2 Å². The van der Waals surface area contributed by atoms with Crippen LogP contribution in [0.4, 0.5) is 5.69 Å². The van der Waals surface area contributed by atoms with E-state index in [4.69, 9.17) is 15.4 Å². The molecule has 6 heteroatoms. The SMILES string of the molecule is NOCC(=O)Nc1ccccc1C1OCCCO1. The van der Waals surface area contributed by atoms with Crippen molar-refractivity contribution in [3.05, 3.63) is 29.8 Å². The lowest BCUT2D eigenvalue weighted by molar-refractivity contribution is -0.182. The molecule has 1 heterocycles. The first-order valence-electron chi connectivity index (χ1n) is 5.75. The van der Waals surface area contributed by atoms with E-state index < -0.39 is 6.29 Å². The van der Waals surface area contributed by atoms with Crippen molar-refractivity contribution in [3.8, 4) is 0 Å². The van der Waals surface area contributed by atoms with Gasteiger partial charge in [0.25, 0.3) is 5.91 Å². The first kappa shape index (κ1) is 13.0. The number of rotatable bonds is 4. The molecule has 1 saturated heterocycles. The normalized spacial score (nSPS) is 16.5. The Morgan fingerprint density at radius 2 is 2.11 bits per heavy atom. The lowest BCUT2D eigenvalue weighted by Crippen LogP contribution is -2.23. The van der Waals surface area contributed by atoms with E-state index >= 15 is 0 Å². The molecule has 18 heavy (non-hydrogen) atoms. The quantitative estimate of drug-likeness (QED) is 0.779. The minimum Gasteiger partial charge on any atom is -0.348 e. The zero-order valence-electron chi connectivity index (χ0n) is 9.93. The molecule has 1 amide bonds. The first-order valence-corrected chi connectivity index (χ1v) is 5.75. The molecule has 1 aliphatic heterocycles. The molecular formula is C12H16N2O4. The molecule has 1 fully saturated rings. The van der Waals surface area contributed by atoms with Crippen LogP contribution in [0.2, 0.25) is 0 Å². The van der Waals surface area contributed by atoms with Gasteiger partial charge in [0.1, 0.15) is 6.61 Å². The molecule has 2 rings (SSSR count). The number of amides is 1. The van der Waals surface area contributed by atoms with Gasteiger partial charge in [-0.15, -0.1) is 0 Å². The third-order valence-corrected chi connectivity index (χ3v) is 2.53. The second-order valence-corrected chi connectivity index (χ2v) is 3.87. The Morgan fingerprint density at radius 3 is 2.83 bits per heavy atom. The van der Waals surface area contributed by atoms with Gasteiger partial charge in [-0.05, 0) is 12.5 Å². The smallest absolute Gasteiger partial charge is 0.252 e. The van der Waals surface area contributed by atoms with Crippen molar-refractivity contribution in [2.24, 2.45) is 5.90 Å². The number of anilines is 1. The third kappa shape index (κ3) is 3.27. The summed E-state index contributed by atoms with van der Waals surface area (Å²) in [6, 6.07) is 7.33. The highest BCUT2D eigenvalue weighted by molar-refractivity contribution is 5.92. The Morgan fingerprint density at radius 1 is 1.39 bits per heavy atom. The van der Waals surface area contributed by atoms with Gasteiger partial charge < -0.3 is 14.8 Å². The highest BCUT2D eigenvalue weighted by Gasteiger charge is 2.20. The monoisotopic (exact) mass is 252 g/mol. The Bertz CT molecular complexity index is 405. The summed E-state index contributed by atoms with van der Waals surface area (Å²) < 4.78 is 11.0. The molecule has 0 aliphatic carbocycles. The summed E-state index contributed by atoms with van der Waals surface area (Å²) in [7, 11) is 0. The molecule has 0 spiro atoms. The van der Waals surface area contributed by atoms with Gasteiger partial charge in [0.2, 0.25) is 0 Å². The molecule has 0 radical (unpaired) electrons. The zero-order valence-corrected chi connectivity index (χ0v) is 9.93. The largest absolute Gasteiger partial charge is 0.348 e. The zero-order chi connectivity index (χ0) is 12.8. The average Bonchev–Trinajstić information content (AvgIpc) is 2.40. The number of carbonyl (C=O) groups excluding carboxylic acids is 1. The van der Waals surface area contributed by atoms with E-state index in [-0.39, 0.29) is 12.5 Å². The highest BCUT2D eigenvalue weighted by atomic mass is 16.7. The topological polar surface area (TPSA) is 82.8 Å².